The number of halogens is 1. The Morgan fingerprint density at radius 1 is 1.24 bits per heavy atom. The molecule has 1 aliphatic heterocycles. The number of thiazole rings is 1. The molecular weight excluding hydrogens is 499 g/mol. The van der Waals surface area contributed by atoms with Crippen LogP contribution in [0.3, 0.4) is 0 Å². The smallest absolute Gasteiger partial charge is 0.230 e. The molecule has 1 amide bonds. The molecule has 29 heavy (non-hydrogen) atoms. The van der Waals surface area contributed by atoms with Gasteiger partial charge in [0.25, 0.3) is 0 Å². The van der Waals surface area contributed by atoms with Gasteiger partial charge in [-0.25, -0.2) is 4.98 Å². The van der Waals surface area contributed by atoms with Crippen molar-refractivity contribution in [3.05, 3.63) is 11.1 Å². The minimum atomic E-state index is -0.291. The number of carbonyl (C=O) groups excluding carboxylic acids is 1. The first-order valence-electron chi connectivity index (χ1n) is 10.4. The predicted octanol–water partition coefficient (Wildman–Crippen LogP) is 2.72. The van der Waals surface area contributed by atoms with E-state index in [1.807, 2.05) is 14.1 Å². The zero-order valence-electron chi connectivity index (χ0n) is 17.9. The van der Waals surface area contributed by atoms with Crippen LogP contribution in [0.2, 0.25) is 0 Å². The Morgan fingerprint density at radius 3 is 2.55 bits per heavy atom. The van der Waals surface area contributed by atoms with Crippen LogP contribution in [0, 0.1) is 5.41 Å². The number of anilines is 1. The number of hydrogen-bond acceptors (Lipinski definition) is 5. The average molecular weight is 535 g/mol. The standard InChI is InChI=1S/C20H34N6OS.HI/c1-21-18(23-15-20(9-4-5-10-20)17(27)25(2)3)22-11-8-16-14-28-19(24-16)26-12-6-7-13-26;/h14H,4-13,15H2,1-3H3,(H2,21,22,23);1H. The van der Waals surface area contributed by atoms with Gasteiger partial charge in [-0.05, 0) is 25.7 Å². The molecule has 7 nitrogen and oxygen atoms in total. The summed E-state index contributed by atoms with van der Waals surface area (Å²) in [4.78, 5) is 25.9. The van der Waals surface area contributed by atoms with Gasteiger partial charge in [0.2, 0.25) is 5.91 Å². The minimum absolute atomic E-state index is 0. The Hall–Kier alpha value is -1.10. The third kappa shape index (κ3) is 6.19. The minimum Gasteiger partial charge on any atom is -0.356 e. The third-order valence-electron chi connectivity index (χ3n) is 5.83. The maximum Gasteiger partial charge on any atom is 0.230 e. The molecule has 1 aliphatic carbocycles. The van der Waals surface area contributed by atoms with Gasteiger partial charge < -0.3 is 20.4 Å². The Bertz CT molecular complexity index is 680. The summed E-state index contributed by atoms with van der Waals surface area (Å²) < 4.78 is 0. The predicted molar refractivity (Wildman–Crippen MR) is 132 cm³/mol. The first-order chi connectivity index (χ1) is 13.5. The van der Waals surface area contributed by atoms with Crippen LogP contribution in [0.1, 0.15) is 44.2 Å². The molecule has 0 spiro atoms. The van der Waals surface area contributed by atoms with E-state index in [2.05, 4.69) is 25.9 Å². The third-order valence-corrected chi connectivity index (χ3v) is 6.78. The van der Waals surface area contributed by atoms with Crippen LogP contribution < -0.4 is 15.5 Å². The molecule has 1 saturated heterocycles. The van der Waals surface area contributed by atoms with Crippen LogP contribution in [0.15, 0.2) is 10.4 Å². The Morgan fingerprint density at radius 2 is 1.93 bits per heavy atom. The van der Waals surface area contributed by atoms with Crippen LogP contribution in [0.4, 0.5) is 5.13 Å². The second-order valence-corrected chi connectivity index (χ2v) is 8.94. The molecule has 0 unspecified atom stereocenters. The molecule has 1 saturated carbocycles. The number of amides is 1. The molecule has 0 bridgehead atoms. The van der Waals surface area contributed by atoms with E-state index in [0.717, 1.165) is 68.5 Å². The van der Waals surface area contributed by atoms with Gasteiger partial charge in [0.1, 0.15) is 0 Å². The normalized spacial score (nSPS) is 18.4. The van der Waals surface area contributed by atoms with E-state index in [4.69, 9.17) is 4.98 Å². The number of nitrogens with one attached hydrogen (secondary N) is 2. The van der Waals surface area contributed by atoms with Crippen molar-refractivity contribution in [3.63, 3.8) is 0 Å². The maximum absolute atomic E-state index is 12.7. The van der Waals surface area contributed by atoms with E-state index in [9.17, 15) is 4.79 Å². The first kappa shape index (κ1) is 24.2. The van der Waals surface area contributed by atoms with Crippen LogP contribution in [-0.2, 0) is 11.2 Å². The van der Waals surface area contributed by atoms with E-state index in [1.54, 1.807) is 23.3 Å². The number of rotatable bonds is 7. The largest absolute Gasteiger partial charge is 0.356 e. The molecule has 2 fully saturated rings. The fraction of sp³-hybridized carbons (Fsp3) is 0.750. The van der Waals surface area contributed by atoms with Gasteiger partial charge in [-0.2, -0.15) is 0 Å². The lowest BCUT2D eigenvalue weighted by molar-refractivity contribution is -0.138. The quantitative estimate of drug-likeness (QED) is 0.320. The monoisotopic (exact) mass is 534 g/mol. The molecule has 0 radical (unpaired) electrons. The molecular formula is C20H35IN6OS. The van der Waals surface area contributed by atoms with E-state index in [0.29, 0.717) is 6.54 Å². The SMILES string of the molecule is CN=C(NCCc1csc(N2CCCC2)n1)NCC1(C(=O)N(C)C)CCCC1.I. The van der Waals surface area contributed by atoms with Gasteiger partial charge in [0.05, 0.1) is 11.1 Å². The van der Waals surface area contributed by atoms with Crippen molar-refractivity contribution in [1.29, 1.82) is 0 Å². The summed E-state index contributed by atoms with van der Waals surface area (Å²) in [7, 11) is 5.47. The summed E-state index contributed by atoms with van der Waals surface area (Å²) in [5, 5.41) is 10.1. The van der Waals surface area contributed by atoms with Gasteiger partial charge in [-0.15, -0.1) is 35.3 Å². The lowest BCUT2D eigenvalue weighted by atomic mass is 9.84. The Kier molecular flexibility index (Phi) is 9.45. The fourth-order valence-corrected chi connectivity index (χ4v) is 5.15. The van der Waals surface area contributed by atoms with Gasteiger partial charge >= 0.3 is 0 Å². The average Bonchev–Trinajstić information content (AvgIpc) is 3.45. The van der Waals surface area contributed by atoms with E-state index < -0.39 is 0 Å². The fourth-order valence-electron chi connectivity index (χ4n) is 4.24. The topological polar surface area (TPSA) is 72.9 Å². The van der Waals surface area contributed by atoms with E-state index >= 15 is 0 Å². The lowest BCUT2D eigenvalue weighted by Gasteiger charge is -2.31. The van der Waals surface area contributed by atoms with E-state index in [-0.39, 0.29) is 35.3 Å². The zero-order valence-corrected chi connectivity index (χ0v) is 21.0. The highest BCUT2D eigenvalue weighted by atomic mass is 127. The number of carbonyl (C=O) groups is 1. The summed E-state index contributed by atoms with van der Waals surface area (Å²) in [6.45, 7) is 3.68. The molecule has 9 heteroatoms. The van der Waals surface area contributed by atoms with Crippen LogP contribution in [0.5, 0.6) is 0 Å². The highest BCUT2D eigenvalue weighted by Gasteiger charge is 2.42. The molecule has 3 rings (SSSR count). The Balaban J connectivity index is 0.00000300. The number of guanidine groups is 1. The summed E-state index contributed by atoms with van der Waals surface area (Å²) in [6.07, 6.45) is 7.56. The molecule has 2 aliphatic rings. The van der Waals surface area contributed by atoms with Crippen molar-refractivity contribution in [2.45, 2.75) is 44.9 Å². The number of aliphatic imine (C=N–C) groups is 1. The van der Waals surface area contributed by atoms with Gasteiger partial charge in [-0.1, -0.05) is 12.8 Å². The second-order valence-electron chi connectivity index (χ2n) is 8.11. The van der Waals surface area contributed by atoms with Crippen molar-refractivity contribution in [2.75, 3.05) is 52.2 Å². The van der Waals surface area contributed by atoms with Crippen molar-refractivity contribution in [2.24, 2.45) is 10.4 Å². The molecule has 1 aromatic heterocycles. The van der Waals surface area contributed by atoms with E-state index in [1.165, 1.54) is 12.8 Å². The van der Waals surface area contributed by atoms with Crippen molar-refractivity contribution in [3.8, 4) is 0 Å². The summed E-state index contributed by atoms with van der Waals surface area (Å²) in [6, 6.07) is 0. The molecule has 1 aromatic rings. The second kappa shape index (κ2) is 11.3. The van der Waals surface area contributed by atoms with Gasteiger partial charge in [0.15, 0.2) is 11.1 Å². The summed E-state index contributed by atoms with van der Waals surface area (Å²) >= 11 is 1.74. The zero-order chi connectivity index (χ0) is 20.0. The van der Waals surface area contributed by atoms with Gasteiger partial charge in [0, 0.05) is 59.1 Å². The van der Waals surface area contributed by atoms with Crippen molar-refractivity contribution in [1.82, 2.24) is 20.5 Å². The molecule has 164 valence electrons. The first-order valence-corrected chi connectivity index (χ1v) is 11.3. The highest BCUT2D eigenvalue weighted by molar-refractivity contribution is 14.0. The number of nitrogens with zero attached hydrogens (tertiary/aromatic N) is 4. The summed E-state index contributed by atoms with van der Waals surface area (Å²) in [5.74, 6) is 0.984. The Labute approximate surface area is 195 Å². The van der Waals surface area contributed by atoms with Crippen molar-refractivity contribution < 1.29 is 4.79 Å². The molecule has 0 aromatic carbocycles. The van der Waals surface area contributed by atoms with Crippen LogP contribution >= 0.6 is 35.3 Å². The number of aromatic nitrogens is 1. The summed E-state index contributed by atoms with van der Waals surface area (Å²) in [5.41, 5.74) is 0.839. The van der Waals surface area contributed by atoms with Gasteiger partial charge in [-0.3, -0.25) is 9.79 Å². The highest BCUT2D eigenvalue weighted by Crippen LogP contribution is 2.38. The number of hydrogen-bond donors (Lipinski definition) is 2. The molecule has 2 N–H and O–H groups in total. The van der Waals surface area contributed by atoms with Crippen LogP contribution in [0.25, 0.3) is 0 Å². The lowest BCUT2D eigenvalue weighted by Crippen LogP contribution is -2.49. The molecule has 0 atom stereocenters. The van der Waals surface area contributed by atoms with Crippen LogP contribution in [-0.4, -0.2) is 69.1 Å². The molecule has 2 heterocycles. The maximum atomic E-state index is 12.7. The van der Waals surface area contributed by atoms with Crippen molar-refractivity contribution >= 4 is 52.3 Å².